The Morgan fingerprint density at radius 2 is 1.94 bits per heavy atom. The minimum atomic E-state index is -0.178. The first-order valence-electron chi connectivity index (χ1n) is 11.1. The van der Waals surface area contributed by atoms with Crippen molar-refractivity contribution >= 4 is 34.3 Å². The zero-order valence-electron chi connectivity index (χ0n) is 18.9. The molecule has 2 aromatic carbocycles. The highest BCUT2D eigenvalue weighted by Crippen LogP contribution is 2.29. The molecule has 0 saturated carbocycles. The summed E-state index contributed by atoms with van der Waals surface area (Å²) in [6.07, 6.45) is 3.23. The SMILES string of the molecule is CNC(=O)c1ccc2c(c1)nc(Cc1ccnc(C(C)=O)c1)n2-c1ccc2c(c1)CCC(=O)N2. The first kappa shape index (κ1) is 21.5. The smallest absolute Gasteiger partial charge is 0.251 e. The summed E-state index contributed by atoms with van der Waals surface area (Å²) in [5.74, 6) is 0.518. The molecule has 2 amide bonds. The first-order valence-corrected chi connectivity index (χ1v) is 11.1. The molecule has 0 atom stereocenters. The molecule has 1 aliphatic heterocycles. The van der Waals surface area contributed by atoms with Gasteiger partial charge in [0.15, 0.2) is 5.78 Å². The van der Waals surface area contributed by atoms with Gasteiger partial charge in [0.1, 0.15) is 11.5 Å². The number of rotatable bonds is 5. The molecule has 0 radical (unpaired) electrons. The van der Waals surface area contributed by atoms with Crippen molar-refractivity contribution in [2.75, 3.05) is 12.4 Å². The second-order valence-corrected chi connectivity index (χ2v) is 8.32. The maximum absolute atomic E-state index is 12.2. The number of anilines is 1. The summed E-state index contributed by atoms with van der Waals surface area (Å²) in [4.78, 5) is 44.8. The normalized spacial score (nSPS) is 12.8. The Hall–Kier alpha value is -4.33. The molecule has 0 aliphatic carbocycles. The molecule has 0 unspecified atom stereocenters. The molecule has 34 heavy (non-hydrogen) atoms. The predicted octanol–water partition coefficient (Wildman–Crippen LogP) is 3.46. The largest absolute Gasteiger partial charge is 0.355 e. The molecular weight excluding hydrogens is 430 g/mol. The molecule has 3 heterocycles. The fourth-order valence-electron chi connectivity index (χ4n) is 4.29. The van der Waals surface area contributed by atoms with E-state index in [0.717, 1.165) is 33.8 Å². The van der Waals surface area contributed by atoms with Crippen LogP contribution in [0, 0.1) is 0 Å². The Balaban J connectivity index is 1.65. The molecule has 170 valence electrons. The van der Waals surface area contributed by atoms with Gasteiger partial charge in [0.05, 0.1) is 11.0 Å². The van der Waals surface area contributed by atoms with Crippen LogP contribution in [0.3, 0.4) is 0 Å². The van der Waals surface area contributed by atoms with E-state index in [-0.39, 0.29) is 17.6 Å². The van der Waals surface area contributed by atoms with E-state index in [2.05, 4.69) is 26.3 Å². The quantitative estimate of drug-likeness (QED) is 0.450. The topological polar surface area (TPSA) is 106 Å². The van der Waals surface area contributed by atoms with Gasteiger partial charge in [0.25, 0.3) is 5.91 Å². The average Bonchev–Trinajstić information content (AvgIpc) is 3.20. The highest BCUT2D eigenvalue weighted by molar-refractivity contribution is 5.98. The van der Waals surface area contributed by atoms with Gasteiger partial charge in [-0.2, -0.15) is 0 Å². The Morgan fingerprint density at radius 1 is 1.09 bits per heavy atom. The van der Waals surface area contributed by atoms with Gasteiger partial charge in [-0.15, -0.1) is 0 Å². The lowest BCUT2D eigenvalue weighted by molar-refractivity contribution is -0.116. The lowest BCUT2D eigenvalue weighted by Gasteiger charge is -2.19. The maximum atomic E-state index is 12.2. The van der Waals surface area contributed by atoms with E-state index in [1.807, 2.05) is 24.3 Å². The third-order valence-corrected chi connectivity index (χ3v) is 6.00. The summed E-state index contributed by atoms with van der Waals surface area (Å²) in [5, 5.41) is 5.57. The van der Waals surface area contributed by atoms with Gasteiger partial charge in [-0.05, 0) is 66.1 Å². The van der Waals surface area contributed by atoms with Crippen molar-refractivity contribution < 1.29 is 14.4 Å². The molecule has 5 rings (SSSR count). The van der Waals surface area contributed by atoms with Crippen molar-refractivity contribution in [3.8, 4) is 5.69 Å². The Labute approximate surface area is 196 Å². The number of Topliss-reactive ketones (excluding diaryl/α,β-unsaturated/α-hetero) is 1. The second kappa shape index (κ2) is 8.55. The van der Waals surface area contributed by atoms with Gasteiger partial charge < -0.3 is 10.6 Å². The van der Waals surface area contributed by atoms with Crippen LogP contribution < -0.4 is 10.6 Å². The highest BCUT2D eigenvalue weighted by atomic mass is 16.2. The van der Waals surface area contributed by atoms with E-state index in [1.165, 1.54) is 6.92 Å². The monoisotopic (exact) mass is 453 g/mol. The third-order valence-electron chi connectivity index (χ3n) is 6.00. The maximum Gasteiger partial charge on any atom is 0.251 e. The summed E-state index contributed by atoms with van der Waals surface area (Å²) in [5.41, 5.74) is 6.22. The van der Waals surface area contributed by atoms with Crippen LogP contribution in [0.4, 0.5) is 5.69 Å². The molecular formula is C26H23N5O3. The van der Waals surface area contributed by atoms with Crippen LogP contribution in [-0.4, -0.2) is 39.2 Å². The molecule has 8 nitrogen and oxygen atoms in total. The molecule has 2 aromatic heterocycles. The van der Waals surface area contributed by atoms with Crippen LogP contribution in [0.1, 0.15) is 51.1 Å². The number of aryl methyl sites for hydroxylation is 1. The summed E-state index contributed by atoms with van der Waals surface area (Å²) in [6.45, 7) is 1.49. The van der Waals surface area contributed by atoms with Crippen molar-refractivity contribution in [2.24, 2.45) is 0 Å². The van der Waals surface area contributed by atoms with Gasteiger partial charge in [0.2, 0.25) is 5.91 Å². The summed E-state index contributed by atoms with van der Waals surface area (Å²) < 4.78 is 2.06. The second-order valence-electron chi connectivity index (χ2n) is 8.32. The van der Waals surface area contributed by atoms with E-state index in [1.54, 1.807) is 31.4 Å². The molecule has 0 saturated heterocycles. The van der Waals surface area contributed by atoms with Crippen molar-refractivity contribution in [1.82, 2.24) is 19.9 Å². The van der Waals surface area contributed by atoms with E-state index in [9.17, 15) is 14.4 Å². The van der Waals surface area contributed by atoms with Crippen LogP contribution in [0.2, 0.25) is 0 Å². The Morgan fingerprint density at radius 3 is 2.74 bits per heavy atom. The number of amides is 2. The van der Waals surface area contributed by atoms with Crippen LogP contribution in [0.15, 0.2) is 54.7 Å². The fourth-order valence-corrected chi connectivity index (χ4v) is 4.29. The summed E-state index contributed by atoms with van der Waals surface area (Å²) >= 11 is 0. The zero-order chi connectivity index (χ0) is 23.8. The number of imidazole rings is 1. The van der Waals surface area contributed by atoms with Crippen molar-refractivity contribution in [3.63, 3.8) is 0 Å². The first-order chi connectivity index (χ1) is 16.4. The highest BCUT2D eigenvalue weighted by Gasteiger charge is 2.19. The van der Waals surface area contributed by atoms with Crippen LogP contribution in [0.25, 0.3) is 16.7 Å². The number of nitrogens with one attached hydrogen (secondary N) is 2. The molecule has 0 bridgehead atoms. The van der Waals surface area contributed by atoms with Gasteiger partial charge in [-0.1, -0.05) is 0 Å². The number of carbonyl (C=O) groups excluding carboxylic acids is 3. The van der Waals surface area contributed by atoms with Gasteiger partial charge in [-0.3, -0.25) is 23.9 Å². The van der Waals surface area contributed by atoms with Crippen molar-refractivity contribution in [2.45, 2.75) is 26.2 Å². The number of hydrogen-bond acceptors (Lipinski definition) is 5. The van der Waals surface area contributed by atoms with Gasteiger partial charge in [-0.25, -0.2) is 4.98 Å². The minimum Gasteiger partial charge on any atom is -0.355 e. The zero-order valence-corrected chi connectivity index (χ0v) is 18.9. The van der Waals surface area contributed by atoms with Crippen LogP contribution in [-0.2, 0) is 17.6 Å². The summed E-state index contributed by atoms with van der Waals surface area (Å²) in [7, 11) is 1.60. The summed E-state index contributed by atoms with van der Waals surface area (Å²) in [6, 6.07) is 15.0. The van der Waals surface area contributed by atoms with Crippen molar-refractivity contribution in [3.05, 3.63) is 82.9 Å². The van der Waals surface area contributed by atoms with Crippen molar-refractivity contribution in [1.29, 1.82) is 0 Å². The van der Waals surface area contributed by atoms with Gasteiger partial charge in [0, 0.05) is 49.9 Å². The standard InChI is InChI=1S/C26H23N5O3/c1-15(32)21-11-16(9-10-28-21)12-24-29-22-14-18(26(34)27-2)3-7-23(22)31(24)19-5-6-20-17(13-19)4-8-25(33)30-20/h3,5-7,9-11,13-14H,4,8,12H2,1-2H3,(H,27,34)(H,30,33). The molecule has 8 heteroatoms. The number of nitrogens with zero attached hydrogens (tertiary/aromatic N) is 3. The number of aromatic nitrogens is 3. The van der Waals surface area contributed by atoms with Gasteiger partial charge >= 0.3 is 0 Å². The molecule has 1 aliphatic rings. The molecule has 0 spiro atoms. The molecule has 0 fully saturated rings. The number of benzene rings is 2. The van der Waals surface area contributed by atoms with Crippen LogP contribution >= 0.6 is 0 Å². The number of ketones is 1. The average molecular weight is 454 g/mol. The van der Waals surface area contributed by atoms with Crippen LogP contribution in [0.5, 0.6) is 0 Å². The number of pyridine rings is 1. The van der Waals surface area contributed by atoms with E-state index in [0.29, 0.717) is 36.0 Å². The number of hydrogen-bond donors (Lipinski definition) is 2. The Bertz CT molecular complexity index is 1470. The van der Waals surface area contributed by atoms with E-state index in [4.69, 9.17) is 4.98 Å². The van der Waals surface area contributed by atoms with E-state index >= 15 is 0 Å². The fraction of sp³-hybridized carbons (Fsp3) is 0.192. The Kier molecular flexibility index (Phi) is 5.41. The molecule has 2 N–H and O–H groups in total. The minimum absolute atomic E-state index is 0.0229. The lowest BCUT2D eigenvalue weighted by atomic mass is 10.0. The van der Waals surface area contributed by atoms with E-state index < -0.39 is 0 Å². The molecule has 4 aromatic rings. The predicted molar refractivity (Wildman–Crippen MR) is 128 cm³/mol. The number of carbonyl (C=O) groups is 3. The lowest BCUT2D eigenvalue weighted by Crippen LogP contribution is -2.19. The number of fused-ring (bicyclic) bond motifs is 2. The third kappa shape index (κ3) is 3.94.